The molecule has 4 nitrogen and oxygen atoms in total. The van der Waals surface area contributed by atoms with Gasteiger partial charge in [0, 0.05) is 25.7 Å². The van der Waals surface area contributed by atoms with Crippen LogP contribution in [0.25, 0.3) is 0 Å². The van der Waals surface area contributed by atoms with E-state index in [4.69, 9.17) is 0 Å². The molecule has 1 saturated heterocycles. The number of carbonyl (C=O) groups is 1. The number of benzene rings is 1. The van der Waals surface area contributed by atoms with Crippen molar-refractivity contribution < 1.29 is 4.79 Å². The minimum atomic E-state index is 0. The highest BCUT2D eigenvalue weighted by Crippen LogP contribution is 2.11. The van der Waals surface area contributed by atoms with Gasteiger partial charge in [-0.25, -0.2) is 0 Å². The monoisotopic (exact) mass is 297 g/mol. The van der Waals surface area contributed by atoms with Crippen molar-refractivity contribution in [2.45, 2.75) is 25.9 Å². The van der Waals surface area contributed by atoms with E-state index in [1.165, 1.54) is 0 Å². The third-order valence-corrected chi connectivity index (χ3v) is 3.66. The number of nitrogens with one attached hydrogen (secondary N) is 2. The molecule has 0 aromatic heterocycles. The Morgan fingerprint density at radius 3 is 2.80 bits per heavy atom. The fourth-order valence-corrected chi connectivity index (χ4v) is 2.41. The summed E-state index contributed by atoms with van der Waals surface area (Å²) in [7, 11) is 0. The van der Waals surface area contributed by atoms with Crippen LogP contribution < -0.4 is 10.6 Å². The summed E-state index contributed by atoms with van der Waals surface area (Å²) in [6, 6.07) is 10.5. The Morgan fingerprint density at radius 1 is 1.45 bits per heavy atom. The Bertz CT molecular complexity index is 413. The molecule has 1 fully saturated rings. The number of halogens is 1. The van der Waals surface area contributed by atoms with Crippen molar-refractivity contribution in [2.75, 3.05) is 26.2 Å². The molecule has 1 aliphatic heterocycles. The fourth-order valence-electron chi connectivity index (χ4n) is 2.41. The zero-order valence-corrected chi connectivity index (χ0v) is 13.0. The molecule has 1 aliphatic rings. The lowest BCUT2D eigenvalue weighted by atomic mass is 10.1. The van der Waals surface area contributed by atoms with Crippen LogP contribution in [0, 0.1) is 0 Å². The van der Waals surface area contributed by atoms with E-state index in [-0.39, 0.29) is 24.4 Å². The lowest BCUT2D eigenvalue weighted by molar-refractivity contribution is -0.123. The Labute approximate surface area is 127 Å². The quantitative estimate of drug-likeness (QED) is 0.887. The summed E-state index contributed by atoms with van der Waals surface area (Å²) < 4.78 is 0. The van der Waals surface area contributed by atoms with E-state index in [2.05, 4.69) is 22.5 Å². The second kappa shape index (κ2) is 8.25. The topological polar surface area (TPSA) is 44.4 Å². The highest BCUT2D eigenvalue weighted by molar-refractivity contribution is 5.85. The summed E-state index contributed by atoms with van der Waals surface area (Å²) in [4.78, 5) is 14.3. The first-order valence-corrected chi connectivity index (χ1v) is 6.96. The van der Waals surface area contributed by atoms with Gasteiger partial charge in [0.2, 0.25) is 5.91 Å². The lowest BCUT2D eigenvalue weighted by Crippen LogP contribution is -2.52. The van der Waals surface area contributed by atoms with Crippen LogP contribution in [0.1, 0.15) is 25.5 Å². The number of nitrogens with zero attached hydrogens (tertiary/aromatic N) is 1. The van der Waals surface area contributed by atoms with Crippen molar-refractivity contribution in [3.8, 4) is 0 Å². The van der Waals surface area contributed by atoms with E-state index < -0.39 is 0 Å². The van der Waals surface area contributed by atoms with E-state index in [0.717, 1.165) is 25.2 Å². The van der Waals surface area contributed by atoms with Crippen molar-refractivity contribution in [3.05, 3.63) is 35.9 Å². The molecule has 112 valence electrons. The number of piperazine rings is 1. The van der Waals surface area contributed by atoms with E-state index in [1.807, 2.05) is 37.3 Å². The van der Waals surface area contributed by atoms with Gasteiger partial charge in [0.1, 0.15) is 0 Å². The van der Waals surface area contributed by atoms with Gasteiger partial charge in [0.05, 0.1) is 12.6 Å². The highest BCUT2D eigenvalue weighted by Gasteiger charge is 2.20. The molecule has 2 unspecified atom stereocenters. The average Bonchev–Trinajstić information content (AvgIpc) is 2.42. The van der Waals surface area contributed by atoms with Gasteiger partial charge in [0.15, 0.2) is 0 Å². The van der Waals surface area contributed by atoms with E-state index in [0.29, 0.717) is 12.6 Å². The molecule has 1 amide bonds. The van der Waals surface area contributed by atoms with E-state index in [9.17, 15) is 4.79 Å². The van der Waals surface area contributed by atoms with Gasteiger partial charge in [0.25, 0.3) is 0 Å². The Balaban J connectivity index is 0.00000200. The maximum absolute atomic E-state index is 12.1. The SMILES string of the molecule is CC(NC(=O)CN1CCNCC1C)c1ccccc1.Cl. The standard InChI is InChI=1S/C15H23N3O.ClH/c1-12-10-16-8-9-18(12)11-15(19)17-13(2)14-6-4-3-5-7-14;/h3-7,12-13,16H,8-11H2,1-2H3,(H,17,19);1H. The van der Waals surface area contributed by atoms with Gasteiger partial charge >= 0.3 is 0 Å². The molecule has 5 heteroatoms. The van der Waals surface area contributed by atoms with Crippen LogP contribution >= 0.6 is 12.4 Å². The van der Waals surface area contributed by atoms with Crippen molar-refractivity contribution in [1.29, 1.82) is 0 Å². The summed E-state index contributed by atoms with van der Waals surface area (Å²) in [6.45, 7) is 7.52. The molecule has 2 rings (SSSR count). The van der Waals surface area contributed by atoms with Crippen LogP contribution in [0.5, 0.6) is 0 Å². The molecular weight excluding hydrogens is 274 g/mol. The molecule has 0 radical (unpaired) electrons. The minimum absolute atomic E-state index is 0. The maximum Gasteiger partial charge on any atom is 0.234 e. The normalized spacial score (nSPS) is 20.8. The molecule has 0 bridgehead atoms. The largest absolute Gasteiger partial charge is 0.348 e. The Kier molecular flexibility index (Phi) is 6.99. The van der Waals surface area contributed by atoms with Gasteiger partial charge < -0.3 is 10.6 Å². The predicted molar refractivity (Wildman–Crippen MR) is 84.2 cm³/mol. The molecule has 2 N–H and O–H groups in total. The smallest absolute Gasteiger partial charge is 0.234 e. The summed E-state index contributed by atoms with van der Waals surface area (Å²) in [5.41, 5.74) is 1.14. The molecule has 1 heterocycles. The van der Waals surface area contributed by atoms with Crippen molar-refractivity contribution in [2.24, 2.45) is 0 Å². The molecular formula is C15H24ClN3O. The van der Waals surface area contributed by atoms with Crippen LogP contribution in [-0.4, -0.2) is 43.0 Å². The van der Waals surface area contributed by atoms with Crippen LogP contribution in [0.2, 0.25) is 0 Å². The first-order valence-electron chi connectivity index (χ1n) is 6.96. The minimum Gasteiger partial charge on any atom is -0.348 e. The second-order valence-electron chi connectivity index (χ2n) is 5.22. The van der Waals surface area contributed by atoms with E-state index in [1.54, 1.807) is 0 Å². The van der Waals surface area contributed by atoms with Crippen molar-refractivity contribution in [1.82, 2.24) is 15.5 Å². The zero-order chi connectivity index (χ0) is 13.7. The first kappa shape index (κ1) is 17.0. The van der Waals surface area contributed by atoms with Gasteiger partial charge in [-0.1, -0.05) is 30.3 Å². The van der Waals surface area contributed by atoms with Gasteiger partial charge in [-0.3, -0.25) is 9.69 Å². The molecule has 0 spiro atoms. The molecule has 1 aromatic carbocycles. The number of rotatable bonds is 4. The highest BCUT2D eigenvalue weighted by atomic mass is 35.5. The summed E-state index contributed by atoms with van der Waals surface area (Å²) in [5.74, 6) is 0.102. The number of hydrogen-bond acceptors (Lipinski definition) is 3. The van der Waals surface area contributed by atoms with E-state index >= 15 is 0 Å². The van der Waals surface area contributed by atoms with Crippen molar-refractivity contribution in [3.63, 3.8) is 0 Å². The van der Waals surface area contributed by atoms with Crippen molar-refractivity contribution >= 4 is 18.3 Å². The summed E-state index contributed by atoms with van der Waals surface area (Å²) >= 11 is 0. The third-order valence-electron chi connectivity index (χ3n) is 3.66. The number of hydrogen-bond donors (Lipinski definition) is 2. The number of carbonyl (C=O) groups excluding carboxylic acids is 1. The van der Waals surface area contributed by atoms with Gasteiger partial charge in [-0.2, -0.15) is 0 Å². The van der Waals surface area contributed by atoms with Gasteiger partial charge in [-0.05, 0) is 19.4 Å². The third kappa shape index (κ3) is 4.78. The van der Waals surface area contributed by atoms with Crippen LogP contribution in [0.15, 0.2) is 30.3 Å². The first-order chi connectivity index (χ1) is 9.16. The van der Waals surface area contributed by atoms with Crippen LogP contribution in [0.3, 0.4) is 0 Å². The van der Waals surface area contributed by atoms with Crippen LogP contribution in [0.4, 0.5) is 0 Å². The zero-order valence-electron chi connectivity index (χ0n) is 12.1. The summed E-state index contributed by atoms with van der Waals surface area (Å²) in [6.07, 6.45) is 0. The predicted octanol–water partition coefficient (Wildman–Crippen LogP) is 1.58. The molecule has 0 saturated carbocycles. The van der Waals surface area contributed by atoms with Crippen LogP contribution in [-0.2, 0) is 4.79 Å². The molecule has 0 aliphatic carbocycles. The maximum atomic E-state index is 12.1. The second-order valence-corrected chi connectivity index (χ2v) is 5.22. The number of amides is 1. The Hall–Kier alpha value is -1.10. The molecule has 2 atom stereocenters. The molecule has 1 aromatic rings. The molecule has 20 heavy (non-hydrogen) atoms. The fraction of sp³-hybridized carbons (Fsp3) is 0.533. The summed E-state index contributed by atoms with van der Waals surface area (Å²) in [5, 5.41) is 6.39. The average molecular weight is 298 g/mol. The van der Waals surface area contributed by atoms with Gasteiger partial charge in [-0.15, -0.1) is 12.4 Å². The lowest BCUT2D eigenvalue weighted by Gasteiger charge is -2.33. The Morgan fingerprint density at radius 2 is 2.15 bits per heavy atom.